The van der Waals surface area contributed by atoms with Crippen LogP contribution in [0.3, 0.4) is 0 Å². The van der Waals surface area contributed by atoms with Crippen LogP contribution in [0, 0.1) is 6.92 Å². The first-order valence-electron chi connectivity index (χ1n) is 5.25. The number of H-pyrrole nitrogens is 1. The molecule has 0 radical (unpaired) electrons. The van der Waals surface area contributed by atoms with Crippen LogP contribution in [0.15, 0.2) is 18.3 Å². The Hall–Kier alpha value is -1.97. The fourth-order valence-electron chi connectivity index (χ4n) is 2.20. The normalized spacial score (nSPS) is 12.6. The first-order valence-corrected chi connectivity index (χ1v) is 5.25. The van der Waals surface area contributed by atoms with Gasteiger partial charge in [0.25, 0.3) is 0 Å². The van der Waals surface area contributed by atoms with Crippen molar-refractivity contribution in [1.82, 2.24) is 10.2 Å². The number of aromatic amines is 1. The van der Waals surface area contributed by atoms with Gasteiger partial charge in [0, 0.05) is 17.7 Å². The van der Waals surface area contributed by atoms with Gasteiger partial charge in [0.1, 0.15) is 5.75 Å². The summed E-state index contributed by atoms with van der Waals surface area (Å²) in [6.45, 7) is 2.88. The SMILES string of the molecule is COc1ccc(C)c2c1NCc1cn[nH]c1-2. The van der Waals surface area contributed by atoms with Crippen LogP contribution in [-0.4, -0.2) is 17.3 Å². The number of benzene rings is 1. The van der Waals surface area contributed by atoms with Crippen molar-refractivity contribution in [3.05, 3.63) is 29.5 Å². The lowest BCUT2D eigenvalue weighted by atomic mass is 9.97. The predicted octanol–water partition coefficient (Wildman–Crippen LogP) is 2.32. The van der Waals surface area contributed by atoms with Crippen molar-refractivity contribution in [3.63, 3.8) is 0 Å². The van der Waals surface area contributed by atoms with E-state index in [9.17, 15) is 0 Å². The van der Waals surface area contributed by atoms with E-state index in [1.807, 2.05) is 12.3 Å². The van der Waals surface area contributed by atoms with Gasteiger partial charge in [-0.1, -0.05) is 6.07 Å². The Kier molecular flexibility index (Phi) is 1.89. The minimum absolute atomic E-state index is 0.790. The van der Waals surface area contributed by atoms with Crippen molar-refractivity contribution in [2.75, 3.05) is 12.4 Å². The van der Waals surface area contributed by atoms with E-state index in [2.05, 4.69) is 28.5 Å². The molecule has 1 aliphatic heterocycles. The first kappa shape index (κ1) is 9.27. The lowest BCUT2D eigenvalue weighted by molar-refractivity contribution is 0.416. The number of rotatable bonds is 1. The van der Waals surface area contributed by atoms with Crippen LogP contribution in [0.5, 0.6) is 5.75 Å². The van der Waals surface area contributed by atoms with Gasteiger partial charge in [-0.25, -0.2) is 0 Å². The molecule has 0 atom stereocenters. The van der Waals surface area contributed by atoms with Crippen LogP contribution < -0.4 is 10.1 Å². The summed E-state index contributed by atoms with van der Waals surface area (Å²) in [5, 5.41) is 10.5. The van der Waals surface area contributed by atoms with Gasteiger partial charge < -0.3 is 10.1 Å². The molecule has 1 aromatic carbocycles. The van der Waals surface area contributed by atoms with Gasteiger partial charge in [0.15, 0.2) is 0 Å². The maximum Gasteiger partial charge on any atom is 0.142 e. The lowest BCUT2D eigenvalue weighted by Gasteiger charge is -2.22. The number of methoxy groups -OCH3 is 1. The second-order valence-electron chi connectivity index (χ2n) is 3.96. The van der Waals surface area contributed by atoms with E-state index in [0.717, 1.165) is 29.2 Å². The highest BCUT2D eigenvalue weighted by Gasteiger charge is 2.22. The Balaban J connectivity index is 2.31. The molecule has 1 aromatic heterocycles. The van der Waals surface area contributed by atoms with Crippen molar-refractivity contribution in [3.8, 4) is 17.0 Å². The van der Waals surface area contributed by atoms with Gasteiger partial charge in [-0.15, -0.1) is 0 Å². The van der Waals surface area contributed by atoms with Crippen LogP contribution in [-0.2, 0) is 6.54 Å². The minimum Gasteiger partial charge on any atom is -0.495 e. The number of aromatic nitrogens is 2. The van der Waals surface area contributed by atoms with Gasteiger partial charge in [0.05, 0.1) is 24.7 Å². The quantitative estimate of drug-likeness (QED) is 0.767. The zero-order valence-electron chi connectivity index (χ0n) is 9.29. The molecule has 0 spiro atoms. The maximum atomic E-state index is 5.36. The molecule has 2 aromatic rings. The Morgan fingerprint density at radius 3 is 3.06 bits per heavy atom. The summed E-state index contributed by atoms with van der Waals surface area (Å²) in [7, 11) is 1.69. The monoisotopic (exact) mass is 215 g/mol. The number of hydrogen-bond donors (Lipinski definition) is 2. The third-order valence-electron chi connectivity index (χ3n) is 3.02. The van der Waals surface area contributed by atoms with Crippen LogP contribution in [0.1, 0.15) is 11.1 Å². The van der Waals surface area contributed by atoms with Crippen LogP contribution in [0.4, 0.5) is 5.69 Å². The van der Waals surface area contributed by atoms with E-state index < -0.39 is 0 Å². The molecule has 0 amide bonds. The second kappa shape index (κ2) is 3.27. The predicted molar refractivity (Wildman–Crippen MR) is 62.6 cm³/mol. The van der Waals surface area contributed by atoms with Gasteiger partial charge >= 0.3 is 0 Å². The largest absolute Gasteiger partial charge is 0.495 e. The van der Waals surface area contributed by atoms with E-state index in [4.69, 9.17) is 4.74 Å². The zero-order chi connectivity index (χ0) is 11.1. The summed E-state index contributed by atoms with van der Waals surface area (Å²) in [6, 6.07) is 4.05. The summed E-state index contributed by atoms with van der Waals surface area (Å²) in [6.07, 6.45) is 1.87. The highest BCUT2D eigenvalue weighted by molar-refractivity contribution is 5.86. The molecular formula is C12H13N3O. The fraction of sp³-hybridized carbons (Fsp3) is 0.250. The number of anilines is 1. The molecule has 3 rings (SSSR count). The molecule has 4 heteroatoms. The number of ether oxygens (including phenoxy) is 1. The average Bonchev–Trinajstić information content (AvgIpc) is 2.77. The van der Waals surface area contributed by atoms with Crippen LogP contribution >= 0.6 is 0 Å². The number of fused-ring (bicyclic) bond motifs is 3. The Labute approximate surface area is 93.6 Å². The molecule has 0 bridgehead atoms. The summed E-state index contributed by atoms with van der Waals surface area (Å²) >= 11 is 0. The molecule has 0 unspecified atom stereocenters. The maximum absolute atomic E-state index is 5.36. The smallest absolute Gasteiger partial charge is 0.142 e. The molecule has 1 aliphatic rings. The van der Waals surface area contributed by atoms with Crippen LogP contribution in [0.25, 0.3) is 11.3 Å². The topological polar surface area (TPSA) is 49.9 Å². The molecule has 2 heterocycles. The molecular weight excluding hydrogens is 202 g/mol. The fourth-order valence-corrected chi connectivity index (χ4v) is 2.20. The number of nitrogens with zero attached hydrogens (tertiary/aromatic N) is 1. The highest BCUT2D eigenvalue weighted by Crippen LogP contribution is 2.41. The average molecular weight is 215 g/mol. The molecule has 0 fully saturated rings. The molecule has 4 nitrogen and oxygen atoms in total. The number of nitrogens with one attached hydrogen (secondary N) is 2. The van der Waals surface area contributed by atoms with Gasteiger partial charge in [-0.3, -0.25) is 5.10 Å². The molecule has 16 heavy (non-hydrogen) atoms. The van der Waals surface area contributed by atoms with Crippen molar-refractivity contribution < 1.29 is 4.74 Å². The lowest BCUT2D eigenvalue weighted by Crippen LogP contribution is -2.09. The van der Waals surface area contributed by atoms with Crippen molar-refractivity contribution >= 4 is 5.69 Å². The number of hydrogen-bond acceptors (Lipinski definition) is 3. The van der Waals surface area contributed by atoms with Crippen molar-refractivity contribution in [1.29, 1.82) is 0 Å². The Morgan fingerprint density at radius 1 is 1.38 bits per heavy atom. The molecule has 0 saturated carbocycles. The standard InChI is InChI=1S/C12H13N3O/c1-7-3-4-9(16-2)12-10(7)11-8(5-13-12)6-14-15-11/h3-4,6,13H,5H2,1-2H3,(H,14,15). The zero-order valence-corrected chi connectivity index (χ0v) is 9.29. The summed E-state index contributed by atoms with van der Waals surface area (Å²) < 4.78 is 5.36. The third kappa shape index (κ3) is 1.13. The Bertz CT molecular complexity index is 545. The third-order valence-corrected chi connectivity index (χ3v) is 3.02. The van der Waals surface area contributed by atoms with Gasteiger partial charge in [0.2, 0.25) is 0 Å². The van der Waals surface area contributed by atoms with E-state index in [0.29, 0.717) is 0 Å². The summed E-state index contributed by atoms with van der Waals surface area (Å²) in [5.74, 6) is 0.876. The second-order valence-corrected chi connectivity index (χ2v) is 3.96. The summed E-state index contributed by atoms with van der Waals surface area (Å²) in [5.41, 5.74) is 5.74. The van der Waals surface area contributed by atoms with E-state index in [1.54, 1.807) is 7.11 Å². The van der Waals surface area contributed by atoms with E-state index in [-0.39, 0.29) is 0 Å². The van der Waals surface area contributed by atoms with E-state index >= 15 is 0 Å². The molecule has 0 aliphatic carbocycles. The Morgan fingerprint density at radius 2 is 2.25 bits per heavy atom. The van der Waals surface area contributed by atoms with Gasteiger partial charge in [-0.2, -0.15) is 5.10 Å². The molecule has 0 saturated heterocycles. The minimum atomic E-state index is 0.790. The molecule has 2 N–H and O–H groups in total. The van der Waals surface area contributed by atoms with E-state index in [1.165, 1.54) is 11.1 Å². The highest BCUT2D eigenvalue weighted by atomic mass is 16.5. The van der Waals surface area contributed by atoms with Crippen molar-refractivity contribution in [2.45, 2.75) is 13.5 Å². The van der Waals surface area contributed by atoms with Gasteiger partial charge in [-0.05, 0) is 18.6 Å². The number of aryl methyl sites for hydroxylation is 1. The van der Waals surface area contributed by atoms with Crippen molar-refractivity contribution in [2.24, 2.45) is 0 Å². The molecule has 82 valence electrons. The summed E-state index contributed by atoms with van der Waals surface area (Å²) in [4.78, 5) is 0. The first-order chi connectivity index (χ1) is 7.81. The van der Waals surface area contributed by atoms with Crippen LogP contribution in [0.2, 0.25) is 0 Å².